The van der Waals surface area contributed by atoms with Gasteiger partial charge < -0.3 is 14.0 Å². The summed E-state index contributed by atoms with van der Waals surface area (Å²) in [5.41, 5.74) is 0.524. The molecule has 1 aliphatic rings. The van der Waals surface area contributed by atoms with Crippen LogP contribution in [0.15, 0.2) is 46.2 Å². The number of rotatable bonds is 7. The van der Waals surface area contributed by atoms with Crippen molar-refractivity contribution in [3.63, 3.8) is 0 Å². The highest BCUT2D eigenvalue weighted by Crippen LogP contribution is 2.33. The van der Waals surface area contributed by atoms with Gasteiger partial charge in [-0.15, -0.1) is 0 Å². The van der Waals surface area contributed by atoms with E-state index in [9.17, 15) is 8.42 Å². The van der Waals surface area contributed by atoms with Crippen molar-refractivity contribution in [2.45, 2.75) is 24.2 Å². The summed E-state index contributed by atoms with van der Waals surface area (Å²) in [6.45, 7) is 0.791. The van der Waals surface area contributed by atoms with Crippen molar-refractivity contribution in [3.05, 3.63) is 42.7 Å². The second kappa shape index (κ2) is 8.98. The minimum absolute atomic E-state index is 0.0512. The fourth-order valence-electron chi connectivity index (χ4n) is 3.64. The highest BCUT2D eigenvalue weighted by molar-refractivity contribution is 7.89. The first-order chi connectivity index (χ1) is 15.0. The van der Waals surface area contributed by atoms with Crippen LogP contribution in [0.4, 0.5) is 0 Å². The number of ether oxygens (including phenoxy) is 2. The Labute approximate surface area is 180 Å². The molecule has 1 unspecified atom stereocenters. The quantitative estimate of drug-likeness (QED) is 0.539. The molecule has 0 amide bonds. The summed E-state index contributed by atoms with van der Waals surface area (Å²) in [4.78, 5) is 12.6. The standard InChI is InChI=1S/C20H23N5O5S/c1-28-15-5-6-17(29-2)18(11-15)31(26,27)25-9-3-4-14(13-25)10-19-23-20(24-30-19)16-12-21-7-8-22-16/h5-8,11-12,14H,3-4,9-10,13H2,1-2H3. The van der Waals surface area contributed by atoms with E-state index in [-0.39, 0.29) is 16.6 Å². The molecule has 1 fully saturated rings. The molecule has 0 saturated carbocycles. The number of nitrogens with zero attached hydrogens (tertiary/aromatic N) is 5. The lowest BCUT2D eigenvalue weighted by Crippen LogP contribution is -2.40. The summed E-state index contributed by atoms with van der Waals surface area (Å²) >= 11 is 0. The Morgan fingerprint density at radius 1 is 1.23 bits per heavy atom. The van der Waals surface area contributed by atoms with E-state index in [1.807, 2.05) is 0 Å². The van der Waals surface area contributed by atoms with Gasteiger partial charge in [-0.25, -0.2) is 13.4 Å². The highest BCUT2D eigenvalue weighted by Gasteiger charge is 2.33. The van der Waals surface area contributed by atoms with Crippen molar-refractivity contribution >= 4 is 10.0 Å². The van der Waals surface area contributed by atoms with Gasteiger partial charge in [0.2, 0.25) is 21.7 Å². The first kappa shape index (κ1) is 21.2. The predicted octanol–water partition coefficient (Wildman–Crippen LogP) is 2.19. The number of methoxy groups -OCH3 is 2. The largest absolute Gasteiger partial charge is 0.497 e. The molecule has 0 radical (unpaired) electrons. The van der Waals surface area contributed by atoms with Gasteiger partial charge >= 0.3 is 0 Å². The van der Waals surface area contributed by atoms with E-state index in [0.29, 0.717) is 42.7 Å². The van der Waals surface area contributed by atoms with Crippen LogP contribution in [0.5, 0.6) is 11.5 Å². The molecule has 1 atom stereocenters. The average molecular weight is 446 g/mol. The maximum atomic E-state index is 13.3. The van der Waals surface area contributed by atoms with E-state index in [1.165, 1.54) is 24.6 Å². The number of hydrogen-bond donors (Lipinski definition) is 0. The second-order valence-electron chi connectivity index (χ2n) is 7.19. The molecule has 0 aliphatic carbocycles. The Bertz CT molecular complexity index is 1140. The number of hydrogen-bond acceptors (Lipinski definition) is 9. The highest BCUT2D eigenvalue weighted by atomic mass is 32.2. The number of piperidine rings is 1. The first-order valence-electron chi connectivity index (χ1n) is 9.82. The maximum absolute atomic E-state index is 13.3. The second-order valence-corrected chi connectivity index (χ2v) is 9.10. The summed E-state index contributed by atoms with van der Waals surface area (Å²) in [5, 5.41) is 3.96. The van der Waals surface area contributed by atoms with Crippen molar-refractivity contribution < 1.29 is 22.4 Å². The summed E-state index contributed by atoms with van der Waals surface area (Å²) in [7, 11) is -0.814. The summed E-state index contributed by atoms with van der Waals surface area (Å²) in [6, 6.07) is 4.75. The molecular weight excluding hydrogens is 422 g/mol. The minimum Gasteiger partial charge on any atom is -0.497 e. The van der Waals surface area contributed by atoms with Gasteiger partial charge in [0.05, 0.1) is 20.4 Å². The normalized spacial score (nSPS) is 17.4. The molecule has 0 spiro atoms. The lowest BCUT2D eigenvalue weighted by Gasteiger charge is -2.31. The predicted molar refractivity (Wildman–Crippen MR) is 110 cm³/mol. The van der Waals surface area contributed by atoms with Crippen molar-refractivity contribution in [1.82, 2.24) is 24.4 Å². The van der Waals surface area contributed by atoms with E-state index in [4.69, 9.17) is 14.0 Å². The molecule has 11 heteroatoms. The number of benzene rings is 1. The van der Waals surface area contributed by atoms with Gasteiger partial charge in [-0.2, -0.15) is 9.29 Å². The van der Waals surface area contributed by atoms with Crippen LogP contribution in [-0.4, -0.2) is 60.1 Å². The van der Waals surface area contributed by atoms with Crippen molar-refractivity contribution in [2.75, 3.05) is 27.3 Å². The molecule has 4 rings (SSSR count). The molecule has 10 nitrogen and oxygen atoms in total. The molecule has 1 saturated heterocycles. The van der Waals surface area contributed by atoms with Crippen LogP contribution in [0.25, 0.3) is 11.5 Å². The molecule has 2 aromatic heterocycles. The van der Waals surface area contributed by atoms with Crippen molar-refractivity contribution in [2.24, 2.45) is 5.92 Å². The van der Waals surface area contributed by atoms with E-state index >= 15 is 0 Å². The summed E-state index contributed by atoms with van der Waals surface area (Å²) in [5.74, 6) is 1.60. The van der Waals surface area contributed by atoms with Gasteiger partial charge in [-0.05, 0) is 30.9 Å². The van der Waals surface area contributed by atoms with Gasteiger partial charge in [0.1, 0.15) is 22.1 Å². The molecular formula is C20H23N5O5S. The van der Waals surface area contributed by atoms with E-state index in [0.717, 1.165) is 12.8 Å². The van der Waals surface area contributed by atoms with Crippen LogP contribution in [0, 0.1) is 5.92 Å². The zero-order valence-electron chi connectivity index (χ0n) is 17.3. The van der Waals surface area contributed by atoms with Crippen LogP contribution in [0.3, 0.4) is 0 Å². The smallest absolute Gasteiger partial charge is 0.246 e. The first-order valence-corrected chi connectivity index (χ1v) is 11.3. The minimum atomic E-state index is -3.76. The van der Waals surface area contributed by atoms with Crippen molar-refractivity contribution in [1.29, 1.82) is 0 Å². The Morgan fingerprint density at radius 3 is 2.84 bits per heavy atom. The Morgan fingerprint density at radius 2 is 2.10 bits per heavy atom. The van der Waals surface area contributed by atoms with Gasteiger partial charge in [0.25, 0.3) is 0 Å². The molecule has 1 aromatic carbocycles. The van der Waals surface area contributed by atoms with Crippen molar-refractivity contribution in [3.8, 4) is 23.0 Å². The lowest BCUT2D eigenvalue weighted by atomic mass is 9.96. The average Bonchev–Trinajstić information content (AvgIpc) is 3.28. The zero-order chi connectivity index (χ0) is 21.8. The summed E-state index contributed by atoms with van der Waals surface area (Å²) in [6.07, 6.45) is 6.77. The molecule has 0 N–H and O–H groups in total. The van der Waals surface area contributed by atoms with E-state index < -0.39 is 10.0 Å². The number of aromatic nitrogens is 4. The third-order valence-electron chi connectivity index (χ3n) is 5.19. The molecule has 31 heavy (non-hydrogen) atoms. The Balaban J connectivity index is 1.51. The monoisotopic (exact) mass is 445 g/mol. The lowest BCUT2D eigenvalue weighted by molar-refractivity contribution is 0.246. The maximum Gasteiger partial charge on any atom is 0.246 e. The Hall–Kier alpha value is -3.05. The molecule has 1 aliphatic heterocycles. The fourth-order valence-corrected chi connectivity index (χ4v) is 5.37. The molecule has 3 aromatic rings. The van der Waals surface area contributed by atoms with Gasteiger partial charge in [-0.1, -0.05) is 5.16 Å². The van der Waals surface area contributed by atoms with E-state index in [1.54, 1.807) is 30.7 Å². The van der Waals surface area contributed by atoms with Gasteiger partial charge in [0.15, 0.2) is 0 Å². The van der Waals surface area contributed by atoms with Gasteiger partial charge in [-0.3, -0.25) is 4.98 Å². The summed E-state index contributed by atoms with van der Waals surface area (Å²) < 4.78 is 44.0. The third kappa shape index (κ3) is 4.52. The van der Waals surface area contributed by atoms with Crippen LogP contribution in [0.2, 0.25) is 0 Å². The molecule has 0 bridgehead atoms. The van der Waals surface area contributed by atoms with Crippen LogP contribution in [-0.2, 0) is 16.4 Å². The zero-order valence-corrected chi connectivity index (χ0v) is 18.1. The van der Waals surface area contributed by atoms with E-state index in [2.05, 4.69) is 20.1 Å². The third-order valence-corrected chi connectivity index (χ3v) is 7.08. The van der Waals surface area contributed by atoms with Crippen LogP contribution < -0.4 is 9.47 Å². The topological polar surface area (TPSA) is 121 Å². The molecule has 164 valence electrons. The van der Waals surface area contributed by atoms with Gasteiger partial charge in [0, 0.05) is 38.0 Å². The molecule has 3 heterocycles. The van der Waals surface area contributed by atoms with Crippen LogP contribution >= 0.6 is 0 Å². The van der Waals surface area contributed by atoms with Crippen LogP contribution in [0.1, 0.15) is 18.7 Å². The number of sulfonamides is 1. The fraction of sp³-hybridized carbons (Fsp3) is 0.400. The SMILES string of the molecule is COc1ccc(OC)c(S(=O)(=O)N2CCCC(Cc3nc(-c4cnccn4)no3)C2)c1. The Kier molecular flexibility index (Phi) is 6.14.